The summed E-state index contributed by atoms with van der Waals surface area (Å²) < 4.78 is 10.5. The first-order valence-corrected chi connectivity index (χ1v) is 7.58. The molecule has 6 nitrogen and oxygen atoms in total. The van der Waals surface area contributed by atoms with Gasteiger partial charge in [0.2, 0.25) is 5.91 Å². The molecule has 0 aliphatic carbocycles. The SMILES string of the molecule is COc1ccc(OCCC(=O)NNC(=O)c2ccc(Cl)cc2)cc1. The second kappa shape index (κ2) is 8.79. The van der Waals surface area contributed by atoms with E-state index in [0.717, 1.165) is 5.75 Å². The normalized spacial score (nSPS) is 9.92. The third-order valence-electron chi connectivity index (χ3n) is 3.08. The van der Waals surface area contributed by atoms with Crippen LogP contribution >= 0.6 is 11.6 Å². The lowest BCUT2D eigenvalue weighted by Gasteiger charge is -2.09. The zero-order valence-electron chi connectivity index (χ0n) is 13.0. The summed E-state index contributed by atoms with van der Waals surface area (Å²) in [6.45, 7) is 0.189. The Morgan fingerprint density at radius 1 is 0.958 bits per heavy atom. The van der Waals surface area contributed by atoms with Crippen LogP contribution in [0.3, 0.4) is 0 Å². The number of benzene rings is 2. The number of amides is 2. The molecule has 0 bridgehead atoms. The standard InChI is InChI=1S/C17H17ClN2O4/c1-23-14-6-8-15(9-7-14)24-11-10-16(21)19-20-17(22)12-2-4-13(18)5-3-12/h2-9H,10-11H2,1H3,(H,19,21)(H,20,22). The molecule has 0 aliphatic rings. The minimum Gasteiger partial charge on any atom is -0.497 e. The minimum atomic E-state index is -0.420. The molecule has 2 aromatic rings. The summed E-state index contributed by atoms with van der Waals surface area (Å²) >= 11 is 5.75. The van der Waals surface area contributed by atoms with E-state index in [0.29, 0.717) is 16.3 Å². The molecule has 0 heterocycles. The van der Waals surface area contributed by atoms with Crippen LogP contribution in [0.4, 0.5) is 0 Å². The zero-order chi connectivity index (χ0) is 17.4. The minimum absolute atomic E-state index is 0.104. The Kier molecular flexibility index (Phi) is 6.45. The van der Waals surface area contributed by atoms with Gasteiger partial charge in [-0.15, -0.1) is 0 Å². The van der Waals surface area contributed by atoms with Crippen LogP contribution in [0.2, 0.25) is 5.02 Å². The fourth-order valence-corrected chi connectivity index (χ4v) is 1.92. The average Bonchev–Trinajstić information content (AvgIpc) is 2.61. The summed E-state index contributed by atoms with van der Waals surface area (Å²) in [5.74, 6) is 0.584. The molecular weight excluding hydrogens is 332 g/mol. The van der Waals surface area contributed by atoms with E-state index in [1.807, 2.05) is 0 Å². The van der Waals surface area contributed by atoms with E-state index < -0.39 is 5.91 Å². The number of hydrogen-bond acceptors (Lipinski definition) is 4. The summed E-state index contributed by atoms with van der Waals surface area (Å²) in [7, 11) is 1.58. The van der Waals surface area contributed by atoms with Crippen LogP contribution in [-0.2, 0) is 4.79 Å². The van der Waals surface area contributed by atoms with Crippen LogP contribution in [0, 0.1) is 0 Å². The van der Waals surface area contributed by atoms with Crippen LogP contribution in [0.25, 0.3) is 0 Å². The van der Waals surface area contributed by atoms with E-state index >= 15 is 0 Å². The summed E-state index contributed by atoms with van der Waals surface area (Å²) in [6, 6.07) is 13.4. The zero-order valence-corrected chi connectivity index (χ0v) is 13.8. The molecule has 0 spiro atoms. The lowest BCUT2D eigenvalue weighted by molar-refractivity contribution is -0.122. The largest absolute Gasteiger partial charge is 0.497 e. The maximum absolute atomic E-state index is 11.8. The van der Waals surface area contributed by atoms with E-state index in [1.165, 1.54) is 0 Å². The summed E-state index contributed by atoms with van der Waals surface area (Å²) in [5.41, 5.74) is 5.05. The van der Waals surface area contributed by atoms with Crippen molar-refractivity contribution in [1.82, 2.24) is 10.9 Å². The monoisotopic (exact) mass is 348 g/mol. The van der Waals surface area contributed by atoms with Crippen molar-refractivity contribution >= 4 is 23.4 Å². The number of carbonyl (C=O) groups is 2. The van der Waals surface area contributed by atoms with Crippen molar-refractivity contribution in [3.8, 4) is 11.5 Å². The second-order valence-corrected chi connectivity index (χ2v) is 5.22. The van der Waals surface area contributed by atoms with Gasteiger partial charge in [-0.05, 0) is 48.5 Å². The van der Waals surface area contributed by atoms with Gasteiger partial charge in [-0.1, -0.05) is 11.6 Å². The number of ether oxygens (including phenoxy) is 2. The highest BCUT2D eigenvalue weighted by Gasteiger charge is 2.07. The Hall–Kier alpha value is -2.73. The number of methoxy groups -OCH3 is 1. The van der Waals surface area contributed by atoms with Gasteiger partial charge < -0.3 is 9.47 Å². The molecular formula is C17H17ClN2O4. The topological polar surface area (TPSA) is 76.7 Å². The van der Waals surface area contributed by atoms with Gasteiger partial charge >= 0.3 is 0 Å². The van der Waals surface area contributed by atoms with Crippen molar-refractivity contribution in [3.05, 3.63) is 59.1 Å². The molecule has 126 valence electrons. The van der Waals surface area contributed by atoms with E-state index in [-0.39, 0.29) is 18.9 Å². The van der Waals surface area contributed by atoms with Gasteiger partial charge in [-0.25, -0.2) is 0 Å². The smallest absolute Gasteiger partial charge is 0.269 e. The second-order valence-electron chi connectivity index (χ2n) is 4.78. The predicted molar refractivity (Wildman–Crippen MR) is 90.2 cm³/mol. The molecule has 7 heteroatoms. The van der Waals surface area contributed by atoms with E-state index in [1.54, 1.807) is 55.6 Å². The number of hydrogen-bond donors (Lipinski definition) is 2. The number of hydrazine groups is 1. The van der Waals surface area contributed by atoms with Gasteiger partial charge in [0.25, 0.3) is 5.91 Å². The first kappa shape index (κ1) is 17.6. The van der Waals surface area contributed by atoms with Crippen molar-refractivity contribution in [1.29, 1.82) is 0 Å². The molecule has 0 saturated carbocycles. The van der Waals surface area contributed by atoms with Gasteiger partial charge in [0.1, 0.15) is 11.5 Å². The van der Waals surface area contributed by atoms with Gasteiger partial charge in [-0.2, -0.15) is 0 Å². The lowest BCUT2D eigenvalue weighted by Crippen LogP contribution is -2.42. The predicted octanol–water partition coefficient (Wildman–Crippen LogP) is 2.58. The summed E-state index contributed by atoms with van der Waals surface area (Å²) in [5, 5.41) is 0.534. The van der Waals surface area contributed by atoms with Crippen molar-refractivity contribution in [2.75, 3.05) is 13.7 Å². The highest BCUT2D eigenvalue weighted by molar-refractivity contribution is 6.30. The Labute approximate surface area is 144 Å². The summed E-state index contributed by atoms with van der Waals surface area (Å²) in [6.07, 6.45) is 0.104. The Bertz CT molecular complexity index is 687. The van der Waals surface area contributed by atoms with Crippen molar-refractivity contribution < 1.29 is 19.1 Å². The molecule has 0 unspecified atom stereocenters. The van der Waals surface area contributed by atoms with Crippen molar-refractivity contribution in [3.63, 3.8) is 0 Å². The molecule has 2 rings (SSSR count). The molecule has 0 radical (unpaired) electrons. The van der Waals surface area contributed by atoms with Crippen molar-refractivity contribution in [2.45, 2.75) is 6.42 Å². The van der Waals surface area contributed by atoms with Crippen LogP contribution in [0.15, 0.2) is 48.5 Å². The number of halogens is 1. The Balaban J connectivity index is 1.69. The van der Waals surface area contributed by atoms with Crippen LogP contribution in [-0.4, -0.2) is 25.5 Å². The van der Waals surface area contributed by atoms with Gasteiger partial charge in [-0.3, -0.25) is 20.4 Å². The van der Waals surface area contributed by atoms with E-state index in [4.69, 9.17) is 21.1 Å². The van der Waals surface area contributed by atoms with E-state index in [9.17, 15) is 9.59 Å². The highest BCUT2D eigenvalue weighted by Crippen LogP contribution is 2.17. The Morgan fingerprint density at radius 3 is 2.21 bits per heavy atom. The third kappa shape index (κ3) is 5.48. The van der Waals surface area contributed by atoms with Crippen LogP contribution in [0.5, 0.6) is 11.5 Å². The van der Waals surface area contributed by atoms with Gasteiger partial charge in [0.15, 0.2) is 0 Å². The number of carbonyl (C=O) groups excluding carboxylic acids is 2. The summed E-state index contributed by atoms with van der Waals surface area (Å²) in [4.78, 5) is 23.5. The molecule has 2 aromatic carbocycles. The highest BCUT2D eigenvalue weighted by atomic mass is 35.5. The maximum atomic E-state index is 11.8. The van der Waals surface area contributed by atoms with Crippen LogP contribution < -0.4 is 20.3 Å². The molecule has 0 saturated heterocycles. The number of nitrogens with one attached hydrogen (secondary N) is 2. The average molecular weight is 349 g/mol. The fourth-order valence-electron chi connectivity index (χ4n) is 1.80. The first-order chi connectivity index (χ1) is 11.6. The molecule has 24 heavy (non-hydrogen) atoms. The molecule has 2 amide bonds. The Morgan fingerprint density at radius 2 is 1.58 bits per heavy atom. The molecule has 0 aromatic heterocycles. The van der Waals surface area contributed by atoms with Crippen LogP contribution in [0.1, 0.15) is 16.8 Å². The molecule has 0 fully saturated rings. The quantitative estimate of drug-likeness (QED) is 0.787. The van der Waals surface area contributed by atoms with Gasteiger partial charge in [0.05, 0.1) is 20.1 Å². The number of rotatable bonds is 6. The molecule has 2 N–H and O–H groups in total. The maximum Gasteiger partial charge on any atom is 0.269 e. The fraction of sp³-hybridized carbons (Fsp3) is 0.176. The van der Waals surface area contributed by atoms with Gasteiger partial charge in [0, 0.05) is 10.6 Å². The molecule has 0 atom stereocenters. The lowest BCUT2D eigenvalue weighted by atomic mass is 10.2. The molecule has 0 aliphatic heterocycles. The first-order valence-electron chi connectivity index (χ1n) is 7.20. The van der Waals surface area contributed by atoms with E-state index in [2.05, 4.69) is 10.9 Å². The third-order valence-corrected chi connectivity index (χ3v) is 3.33. The van der Waals surface area contributed by atoms with Crippen molar-refractivity contribution in [2.24, 2.45) is 0 Å².